The fourth-order valence-corrected chi connectivity index (χ4v) is 3.61. The van der Waals surface area contributed by atoms with Crippen LogP contribution in [0.25, 0.3) is 0 Å². The van der Waals surface area contributed by atoms with Gasteiger partial charge in [0.1, 0.15) is 0 Å². The van der Waals surface area contributed by atoms with Gasteiger partial charge >= 0.3 is 0 Å². The van der Waals surface area contributed by atoms with Gasteiger partial charge in [0.25, 0.3) is 0 Å². The highest BCUT2D eigenvalue weighted by molar-refractivity contribution is 5.39. The highest BCUT2D eigenvalue weighted by Gasteiger charge is 2.29. The second-order valence-electron chi connectivity index (χ2n) is 6.28. The minimum absolute atomic E-state index is 0.405. The van der Waals surface area contributed by atoms with Crippen LogP contribution in [0.1, 0.15) is 34.3 Å². The lowest BCUT2D eigenvalue weighted by molar-refractivity contribution is 0.491. The van der Waals surface area contributed by atoms with Crippen molar-refractivity contribution < 1.29 is 0 Å². The van der Waals surface area contributed by atoms with Crippen LogP contribution in [0.2, 0.25) is 0 Å². The third-order valence-corrected chi connectivity index (χ3v) is 4.71. The molecule has 4 rings (SSSR count). The maximum absolute atomic E-state index is 3.85. The highest BCUT2D eigenvalue weighted by atomic mass is 15.0. The normalized spacial score (nSPS) is 19.5. The first-order valence-corrected chi connectivity index (χ1v) is 8.33. The molecule has 3 aromatic rings. The van der Waals surface area contributed by atoms with Gasteiger partial charge in [-0.1, -0.05) is 84.9 Å². The largest absolute Gasteiger partial charge is 0.302 e. The molecule has 0 saturated heterocycles. The van der Waals surface area contributed by atoms with Gasteiger partial charge in [-0.05, 0) is 35.1 Å². The maximum atomic E-state index is 3.85. The molecule has 3 aromatic carbocycles. The Morgan fingerprint density at radius 1 is 0.522 bits per heavy atom. The Balaban J connectivity index is 1.59. The average molecular weight is 299 g/mol. The van der Waals surface area contributed by atoms with E-state index in [0.717, 1.165) is 12.8 Å². The van der Waals surface area contributed by atoms with Crippen molar-refractivity contribution in [3.05, 3.63) is 107 Å². The van der Waals surface area contributed by atoms with Crippen LogP contribution in [0.4, 0.5) is 0 Å². The van der Waals surface area contributed by atoms with Gasteiger partial charge in [0.2, 0.25) is 0 Å². The molecule has 114 valence electrons. The monoisotopic (exact) mass is 299 g/mol. The molecule has 0 aliphatic carbocycles. The molecule has 0 aromatic heterocycles. The molecule has 23 heavy (non-hydrogen) atoms. The van der Waals surface area contributed by atoms with Crippen LogP contribution < -0.4 is 5.32 Å². The van der Waals surface area contributed by atoms with Crippen LogP contribution in [-0.2, 0) is 12.8 Å². The van der Waals surface area contributed by atoms with E-state index in [0.29, 0.717) is 12.1 Å². The zero-order chi connectivity index (χ0) is 15.5. The number of nitrogens with one attached hydrogen (secondary N) is 1. The molecule has 0 radical (unpaired) electrons. The van der Waals surface area contributed by atoms with E-state index in [2.05, 4.69) is 90.2 Å². The molecule has 0 amide bonds. The Labute approximate surface area is 138 Å². The van der Waals surface area contributed by atoms with Gasteiger partial charge in [-0.15, -0.1) is 0 Å². The molecular formula is C22H21N. The standard InChI is InChI=1S/C22H21N/c1-3-9-17(10-4-1)15-21-19-13-7-8-14-20(19)22(23-21)16-18-11-5-2-6-12-18/h1-14,21-23H,15-16H2/t21-,22-/m1/s1. The smallest absolute Gasteiger partial charge is 0.0369 e. The number of rotatable bonds is 4. The predicted octanol–water partition coefficient (Wildman–Crippen LogP) is 4.86. The maximum Gasteiger partial charge on any atom is 0.0369 e. The number of hydrogen-bond donors (Lipinski definition) is 1. The van der Waals surface area contributed by atoms with E-state index in [4.69, 9.17) is 0 Å². The second kappa shape index (κ2) is 6.39. The molecule has 2 atom stereocenters. The molecule has 1 heterocycles. The van der Waals surface area contributed by atoms with Crippen LogP contribution in [0.3, 0.4) is 0 Å². The number of benzene rings is 3. The first kappa shape index (κ1) is 14.2. The Hall–Kier alpha value is -2.38. The first-order chi connectivity index (χ1) is 11.4. The van der Waals surface area contributed by atoms with Crippen molar-refractivity contribution >= 4 is 0 Å². The SMILES string of the molecule is c1ccc(C[C@H]2N[C@H](Cc3ccccc3)c3ccccc32)cc1. The minimum atomic E-state index is 0.405. The molecule has 0 spiro atoms. The zero-order valence-electron chi connectivity index (χ0n) is 13.2. The van der Waals surface area contributed by atoms with Crippen LogP contribution >= 0.6 is 0 Å². The number of fused-ring (bicyclic) bond motifs is 1. The van der Waals surface area contributed by atoms with Crippen molar-refractivity contribution in [3.63, 3.8) is 0 Å². The minimum Gasteiger partial charge on any atom is -0.302 e. The van der Waals surface area contributed by atoms with Crippen LogP contribution in [0.15, 0.2) is 84.9 Å². The van der Waals surface area contributed by atoms with Crippen molar-refractivity contribution in [2.45, 2.75) is 24.9 Å². The first-order valence-electron chi connectivity index (χ1n) is 8.33. The summed E-state index contributed by atoms with van der Waals surface area (Å²) in [5.74, 6) is 0. The van der Waals surface area contributed by atoms with E-state index >= 15 is 0 Å². The molecule has 1 aliphatic rings. The van der Waals surface area contributed by atoms with Gasteiger partial charge in [0, 0.05) is 12.1 Å². The summed E-state index contributed by atoms with van der Waals surface area (Å²) in [5.41, 5.74) is 5.69. The quantitative estimate of drug-likeness (QED) is 0.725. The molecule has 0 unspecified atom stereocenters. The molecule has 1 nitrogen and oxygen atoms in total. The highest BCUT2D eigenvalue weighted by Crippen LogP contribution is 2.36. The molecular weight excluding hydrogens is 278 g/mol. The summed E-state index contributed by atoms with van der Waals surface area (Å²) in [6, 6.07) is 31.2. The topological polar surface area (TPSA) is 12.0 Å². The van der Waals surface area contributed by atoms with Gasteiger partial charge in [-0.3, -0.25) is 0 Å². The molecule has 0 saturated carbocycles. The van der Waals surface area contributed by atoms with Gasteiger partial charge in [0.05, 0.1) is 0 Å². The van der Waals surface area contributed by atoms with E-state index in [-0.39, 0.29) is 0 Å². The van der Waals surface area contributed by atoms with E-state index in [9.17, 15) is 0 Å². The summed E-state index contributed by atoms with van der Waals surface area (Å²) < 4.78 is 0. The summed E-state index contributed by atoms with van der Waals surface area (Å²) in [6.45, 7) is 0. The van der Waals surface area contributed by atoms with Gasteiger partial charge < -0.3 is 5.32 Å². The summed E-state index contributed by atoms with van der Waals surface area (Å²) >= 11 is 0. The predicted molar refractivity (Wildman–Crippen MR) is 95.4 cm³/mol. The van der Waals surface area contributed by atoms with Crippen molar-refractivity contribution in [1.29, 1.82) is 0 Å². The zero-order valence-corrected chi connectivity index (χ0v) is 13.2. The number of hydrogen-bond acceptors (Lipinski definition) is 1. The average Bonchev–Trinajstić information content (AvgIpc) is 2.95. The molecule has 0 bridgehead atoms. The van der Waals surface area contributed by atoms with Gasteiger partial charge in [0.15, 0.2) is 0 Å². The Morgan fingerprint density at radius 2 is 0.913 bits per heavy atom. The van der Waals surface area contributed by atoms with E-state index < -0.39 is 0 Å². The lowest BCUT2D eigenvalue weighted by atomic mass is 9.96. The fourth-order valence-electron chi connectivity index (χ4n) is 3.61. The van der Waals surface area contributed by atoms with E-state index in [1.54, 1.807) is 0 Å². The summed E-state index contributed by atoms with van der Waals surface area (Å²) in [6.07, 6.45) is 2.09. The van der Waals surface area contributed by atoms with Crippen LogP contribution in [0, 0.1) is 0 Å². The third kappa shape index (κ3) is 3.06. The van der Waals surface area contributed by atoms with Crippen molar-refractivity contribution in [3.8, 4) is 0 Å². The lowest BCUT2D eigenvalue weighted by Crippen LogP contribution is -2.21. The lowest BCUT2D eigenvalue weighted by Gasteiger charge is -2.15. The van der Waals surface area contributed by atoms with Gasteiger partial charge in [-0.2, -0.15) is 0 Å². The molecule has 0 fully saturated rings. The molecule has 1 N–H and O–H groups in total. The Kier molecular flexibility index (Phi) is 3.95. The summed E-state index contributed by atoms with van der Waals surface area (Å²) in [7, 11) is 0. The molecule has 1 heteroatoms. The fraction of sp³-hybridized carbons (Fsp3) is 0.182. The van der Waals surface area contributed by atoms with Crippen LogP contribution in [-0.4, -0.2) is 0 Å². The van der Waals surface area contributed by atoms with Crippen molar-refractivity contribution in [2.24, 2.45) is 0 Å². The Morgan fingerprint density at radius 3 is 1.35 bits per heavy atom. The third-order valence-electron chi connectivity index (χ3n) is 4.71. The molecule has 1 aliphatic heterocycles. The Bertz CT molecular complexity index is 698. The van der Waals surface area contributed by atoms with Gasteiger partial charge in [-0.25, -0.2) is 0 Å². The second-order valence-corrected chi connectivity index (χ2v) is 6.28. The van der Waals surface area contributed by atoms with Crippen molar-refractivity contribution in [2.75, 3.05) is 0 Å². The van der Waals surface area contributed by atoms with E-state index in [1.807, 2.05) is 0 Å². The van der Waals surface area contributed by atoms with Crippen molar-refractivity contribution in [1.82, 2.24) is 5.32 Å². The van der Waals surface area contributed by atoms with Crippen LogP contribution in [0.5, 0.6) is 0 Å². The summed E-state index contributed by atoms with van der Waals surface area (Å²) in [5, 5.41) is 3.85. The van der Waals surface area contributed by atoms with E-state index in [1.165, 1.54) is 22.3 Å². The summed E-state index contributed by atoms with van der Waals surface area (Å²) in [4.78, 5) is 0.